The molecule has 0 fully saturated rings. The van der Waals surface area contributed by atoms with E-state index in [1.54, 1.807) is 43.3 Å². The van der Waals surface area contributed by atoms with Gasteiger partial charge in [-0.1, -0.05) is 62.4 Å². The number of anilines is 1. The van der Waals surface area contributed by atoms with Crippen LogP contribution >= 0.6 is 0 Å². The molecule has 0 saturated carbocycles. The van der Waals surface area contributed by atoms with Gasteiger partial charge in [-0.3, -0.25) is 4.79 Å². The van der Waals surface area contributed by atoms with Gasteiger partial charge in [0.2, 0.25) is 0 Å². The second-order valence-electron chi connectivity index (χ2n) is 7.34. The summed E-state index contributed by atoms with van der Waals surface area (Å²) in [5, 5.41) is 2.89. The number of nitrogens with one attached hydrogen (secondary N) is 1. The Balaban J connectivity index is 1.69. The molecule has 0 bridgehead atoms. The van der Waals surface area contributed by atoms with Gasteiger partial charge in [-0.25, -0.2) is 4.79 Å². The number of amides is 1. The highest BCUT2D eigenvalue weighted by Gasteiger charge is 2.22. The second-order valence-corrected chi connectivity index (χ2v) is 7.34. The van der Waals surface area contributed by atoms with E-state index in [0.717, 1.165) is 17.7 Å². The Morgan fingerprint density at radius 2 is 1.52 bits per heavy atom. The monoisotopic (exact) mass is 417 g/mol. The largest absolute Gasteiger partial charge is 0.456 e. The Kier molecular flexibility index (Phi) is 7.44. The molecule has 2 atom stereocenters. The van der Waals surface area contributed by atoms with Crippen molar-refractivity contribution < 1.29 is 19.1 Å². The van der Waals surface area contributed by atoms with E-state index in [9.17, 15) is 9.59 Å². The molecule has 1 N–H and O–H groups in total. The summed E-state index contributed by atoms with van der Waals surface area (Å²) < 4.78 is 11.3. The van der Waals surface area contributed by atoms with E-state index in [-0.39, 0.29) is 11.5 Å². The molecule has 0 aliphatic carbocycles. The number of para-hydroxylation sites is 3. The van der Waals surface area contributed by atoms with Gasteiger partial charge in [0.25, 0.3) is 5.91 Å². The third kappa shape index (κ3) is 5.72. The molecule has 3 rings (SSSR count). The quantitative estimate of drug-likeness (QED) is 0.445. The molecule has 0 heterocycles. The van der Waals surface area contributed by atoms with Gasteiger partial charge in [0.1, 0.15) is 17.1 Å². The van der Waals surface area contributed by atoms with Crippen LogP contribution in [0, 0.1) is 0 Å². The summed E-state index contributed by atoms with van der Waals surface area (Å²) in [6, 6.07) is 23.7. The van der Waals surface area contributed by atoms with Gasteiger partial charge in [-0.2, -0.15) is 0 Å². The number of carbonyl (C=O) groups excluding carboxylic acids is 2. The first-order valence-corrected chi connectivity index (χ1v) is 10.4. The van der Waals surface area contributed by atoms with Crippen LogP contribution in [0.5, 0.6) is 11.5 Å². The summed E-state index contributed by atoms with van der Waals surface area (Å²) in [7, 11) is 0. The van der Waals surface area contributed by atoms with E-state index in [4.69, 9.17) is 9.47 Å². The number of ether oxygens (including phenoxy) is 2. The molecule has 0 spiro atoms. The highest BCUT2D eigenvalue weighted by Crippen LogP contribution is 2.28. The van der Waals surface area contributed by atoms with Crippen LogP contribution in [-0.4, -0.2) is 18.0 Å². The third-order valence-electron chi connectivity index (χ3n) is 5.09. The standard InChI is InChI=1S/C26H27NO4/c1-4-18(2)21-14-8-10-16-23(21)27-25(28)19(3)30-26(29)22-15-9-11-17-24(22)31-20-12-6-5-7-13-20/h5-19H,4H2,1-3H3,(H,27,28)/t18-,19+/m0/s1. The van der Waals surface area contributed by atoms with Crippen molar-refractivity contribution >= 4 is 17.6 Å². The van der Waals surface area contributed by atoms with E-state index in [2.05, 4.69) is 19.2 Å². The predicted molar refractivity (Wildman–Crippen MR) is 122 cm³/mol. The van der Waals surface area contributed by atoms with Gasteiger partial charge in [0, 0.05) is 5.69 Å². The molecule has 0 aliphatic heterocycles. The lowest BCUT2D eigenvalue weighted by Gasteiger charge is -2.18. The second kappa shape index (κ2) is 10.4. The van der Waals surface area contributed by atoms with Crippen molar-refractivity contribution in [3.8, 4) is 11.5 Å². The van der Waals surface area contributed by atoms with Crippen molar-refractivity contribution in [3.63, 3.8) is 0 Å². The Labute approximate surface area is 183 Å². The summed E-state index contributed by atoms with van der Waals surface area (Å²) in [4.78, 5) is 25.5. The van der Waals surface area contributed by atoms with Crippen molar-refractivity contribution in [2.45, 2.75) is 39.2 Å². The Morgan fingerprint density at radius 3 is 2.26 bits per heavy atom. The lowest BCUT2D eigenvalue weighted by molar-refractivity contribution is -0.123. The fourth-order valence-electron chi connectivity index (χ4n) is 3.11. The van der Waals surface area contributed by atoms with Crippen LogP contribution in [0.25, 0.3) is 0 Å². The topological polar surface area (TPSA) is 64.6 Å². The zero-order chi connectivity index (χ0) is 22.2. The molecule has 0 aromatic heterocycles. The molecule has 160 valence electrons. The molecule has 0 saturated heterocycles. The van der Waals surface area contributed by atoms with E-state index in [1.807, 2.05) is 42.5 Å². The summed E-state index contributed by atoms with van der Waals surface area (Å²) in [6.45, 7) is 5.76. The summed E-state index contributed by atoms with van der Waals surface area (Å²) in [5.41, 5.74) is 2.04. The number of benzene rings is 3. The van der Waals surface area contributed by atoms with Crippen molar-refractivity contribution in [1.29, 1.82) is 0 Å². The van der Waals surface area contributed by atoms with Crippen molar-refractivity contribution in [1.82, 2.24) is 0 Å². The van der Waals surface area contributed by atoms with Crippen LogP contribution in [0.3, 0.4) is 0 Å². The SMILES string of the molecule is CC[C@H](C)c1ccccc1NC(=O)[C@@H](C)OC(=O)c1ccccc1Oc1ccccc1. The average molecular weight is 418 g/mol. The van der Waals surface area contributed by atoms with Crippen LogP contribution < -0.4 is 10.1 Å². The maximum absolute atomic E-state index is 12.8. The Hall–Kier alpha value is -3.60. The van der Waals surface area contributed by atoms with Gasteiger partial charge in [-0.15, -0.1) is 0 Å². The summed E-state index contributed by atoms with van der Waals surface area (Å²) in [6.07, 6.45) is -0.0161. The number of rotatable bonds is 8. The van der Waals surface area contributed by atoms with E-state index < -0.39 is 12.1 Å². The zero-order valence-electron chi connectivity index (χ0n) is 18.0. The number of esters is 1. The van der Waals surface area contributed by atoms with Crippen LogP contribution in [-0.2, 0) is 9.53 Å². The van der Waals surface area contributed by atoms with Crippen molar-refractivity contribution in [3.05, 3.63) is 90.0 Å². The van der Waals surface area contributed by atoms with Gasteiger partial charge in [0.05, 0.1) is 0 Å². The van der Waals surface area contributed by atoms with Crippen LogP contribution in [0.15, 0.2) is 78.9 Å². The minimum atomic E-state index is -0.970. The lowest BCUT2D eigenvalue weighted by atomic mass is 9.97. The van der Waals surface area contributed by atoms with Gasteiger partial charge in [-0.05, 0) is 55.2 Å². The molecular weight excluding hydrogens is 390 g/mol. The fraction of sp³-hybridized carbons (Fsp3) is 0.231. The normalized spacial score (nSPS) is 12.5. The number of hydrogen-bond donors (Lipinski definition) is 1. The van der Waals surface area contributed by atoms with Gasteiger partial charge >= 0.3 is 5.97 Å². The fourth-order valence-corrected chi connectivity index (χ4v) is 3.11. The first kappa shape index (κ1) is 22.1. The van der Waals surface area contributed by atoms with Gasteiger partial charge < -0.3 is 14.8 Å². The zero-order valence-corrected chi connectivity index (χ0v) is 18.0. The third-order valence-corrected chi connectivity index (χ3v) is 5.09. The first-order chi connectivity index (χ1) is 15.0. The Bertz CT molecular complexity index is 1030. The number of hydrogen-bond acceptors (Lipinski definition) is 4. The van der Waals surface area contributed by atoms with Crippen molar-refractivity contribution in [2.75, 3.05) is 5.32 Å². The Morgan fingerprint density at radius 1 is 0.871 bits per heavy atom. The maximum Gasteiger partial charge on any atom is 0.342 e. The highest BCUT2D eigenvalue weighted by atomic mass is 16.5. The molecule has 5 heteroatoms. The average Bonchev–Trinajstić information content (AvgIpc) is 2.79. The predicted octanol–water partition coefficient (Wildman–Crippen LogP) is 6.18. The van der Waals surface area contributed by atoms with E-state index in [1.165, 1.54) is 0 Å². The molecule has 5 nitrogen and oxygen atoms in total. The molecular formula is C26H27NO4. The molecule has 3 aromatic carbocycles. The maximum atomic E-state index is 12.8. The highest BCUT2D eigenvalue weighted by molar-refractivity contribution is 5.98. The minimum Gasteiger partial charge on any atom is -0.456 e. The van der Waals surface area contributed by atoms with Crippen LogP contribution in [0.2, 0.25) is 0 Å². The summed E-state index contributed by atoms with van der Waals surface area (Å²) in [5.74, 6) is 0.273. The molecule has 0 radical (unpaired) electrons. The summed E-state index contributed by atoms with van der Waals surface area (Å²) >= 11 is 0. The van der Waals surface area contributed by atoms with Gasteiger partial charge in [0.15, 0.2) is 6.10 Å². The van der Waals surface area contributed by atoms with Crippen molar-refractivity contribution in [2.24, 2.45) is 0 Å². The minimum absolute atomic E-state index is 0.256. The molecule has 1 amide bonds. The first-order valence-electron chi connectivity index (χ1n) is 10.4. The molecule has 3 aromatic rings. The molecule has 31 heavy (non-hydrogen) atoms. The van der Waals surface area contributed by atoms with Crippen LogP contribution in [0.1, 0.15) is 49.0 Å². The van der Waals surface area contributed by atoms with E-state index in [0.29, 0.717) is 17.4 Å². The lowest BCUT2D eigenvalue weighted by Crippen LogP contribution is -2.30. The van der Waals surface area contributed by atoms with Crippen LogP contribution in [0.4, 0.5) is 5.69 Å². The molecule has 0 aliphatic rings. The van der Waals surface area contributed by atoms with E-state index >= 15 is 0 Å². The smallest absolute Gasteiger partial charge is 0.342 e. The molecule has 0 unspecified atom stereocenters. The number of carbonyl (C=O) groups is 2.